The van der Waals surface area contributed by atoms with Gasteiger partial charge < -0.3 is 10.6 Å². The molecule has 1 aromatic rings. The van der Waals surface area contributed by atoms with Crippen molar-refractivity contribution in [1.82, 2.24) is 9.80 Å². The van der Waals surface area contributed by atoms with E-state index in [-0.39, 0.29) is 5.91 Å². The molecule has 1 fully saturated rings. The highest BCUT2D eigenvalue weighted by Gasteiger charge is 2.24. The first kappa shape index (κ1) is 14.3. The van der Waals surface area contributed by atoms with Crippen molar-refractivity contribution in [2.45, 2.75) is 19.9 Å². The van der Waals surface area contributed by atoms with Crippen LogP contribution in [0.3, 0.4) is 0 Å². The molecule has 0 unspecified atom stereocenters. The Labute approximate surface area is 122 Å². The minimum atomic E-state index is 0.0298. The molecule has 1 aliphatic rings. The third kappa shape index (κ3) is 3.28. The van der Waals surface area contributed by atoms with Crippen molar-refractivity contribution >= 4 is 27.5 Å². The summed E-state index contributed by atoms with van der Waals surface area (Å²) in [4.78, 5) is 16.7. The van der Waals surface area contributed by atoms with E-state index in [1.165, 1.54) is 0 Å². The average Bonchev–Trinajstić information content (AvgIpc) is 2.41. The van der Waals surface area contributed by atoms with Gasteiger partial charge in [0, 0.05) is 42.4 Å². The standard InChI is InChI=1S/C14H20BrN3O/c1-10(2)17-5-7-18(8-6-17)14(19)12-9-11(15)3-4-13(12)16/h3-4,9-10H,5-8,16H2,1-2H3. The highest BCUT2D eigenvalue weighted by atomic mass is 79.9. The zero-order chi connectivity index (χ0) is 14.0. The molecule has 104 valence electrons. The largest absolute Gasteiger partial charge is 0.398 e. The molecule has 2 N–H and O–H groups in total. The summed E-state index contributed by atoms with van der Waals surface area (Å²) < 4.78 is 0.880. The molecule has 0 aromatic heterocycles. The van der Waals surface area contributed by atoms with Gasteiger partial charge in [-0.25, -0.2) is 0 Å². The van der Waals surface area contributed by atoms with E-state index >= 15 is 0 Å². The molecular weight excluding hydrogens is 306 g/mol. The van der Waals surface area contributed by atoms with Crippen LogP contribution in [0.1, 0.15) is 24.2 Å². The molecule has 0 saturated carbocycles. The molecule has 0 radical (unpaired) electrons. The van der Waals surface area contributed by atoms with Gasteiger partial charge in [-0.3, -0.25) is 9.69 Å². The molecule has 1 saturated heterocycles. The van der Waals surface area contributed by atoms with Crippen molar-refractivity contribution in [2.24, 2.45) is 0 Å². The van der Waals surface area contributed by atoms with Gasteiger partial charge in [0.25, 0.3) is 5.91 Å². The molecule has 1 aromatic carbocycles. The van der Waals surface area contributed by atoms with Gasteiger partial charge in [-0.1, -0.05) is 15.9 Å². The Morgan fingerprint density at radius 3 is 2.47 bits per heavy atom. The van der Waals surface area contributed by atoms with E-state index in [1.54, 1.807) is 12.1 Å². The van der Waals surface area contributed by atoms with E-state index in [2.05, 4.69) is 34.7 Å². The summed E-state index contributed by atoms with van der Waals surface area (Å²) in [5, 5.41) is 0. The fraction of sp³-hybridized carbons (Fsp3) is 0.500. The number of anilines is 1. The molecule has 0 aliphatic carbocycles. The highest BCUT2D eigenvalue weighted by molar-refractivity contribution is 9.10. The Hall–Kier alpha value is -1.07. The Kier molecular flexibility index (Phi) is 4.47. The third-order valence-electron chi connectivity index (χ3n) is 3.58. The fourth-order valence-corrected chi connectivity index (χ4v) is 2.69. The molecule has 0 atom stereocenters. The van der Waals surface area contributed by atoms with Gasteiger partial charge >= 0.3 is 0 Å². The van der Waals surface area contributed by atoms with Crippen molar-refractivity contribution in [2.75, 3.05) is 31.9 Å². The number of rotatable bonds is 2. The summed E-state index contributed by atoms with van der Waals surface area (Å²) in [5.74, 6) is 0.0298. The van der Waals surface area contributed by atoms with Crippen LogP contribution in [0, 0.1) is 0 Å². The molecule has 1 amide bonds. The number of nitrogens with two attached hydrogens (primary N) is 1. The number of carbonyl (C=O) groups excluding carboxylic acids is 1. The summed E-state index contributed by atoms with van der Waals surface area (Å²) in [6.07, 6.45) is 0. The zero-order valence-corrected chi connectivity index (χ0v) is 13.0. The van der Waals surface area contributed by atoms with Crippen LogP contribution in [-0.4, -0.2) is 47.9 Å². The Bertz CT molecular complexity index is 468. The Morgan fingerprint density at radius 1 is 1.26 bits per heavy atom. The van der Waals surface area contributed by atoms with Gasteiger partial charge in [0.2, 0.25) is 0 Å². The second-order valence-corrected chi connectivity index (χ2v) is 6.07. The second kappa shape index (κ2) is 5.92. The fourth-order valence-electron chi connectivity index (χ4n) is 2.33. The molecule has 0 bridgehead atoms. The van der Waals surface area contributed by atoms with Crippen molar-refractivity contribution in [3.05, 3.63) is 28.2 Å². The van der Waals surface area contributed by atoms with Crippen LogP contribution in [-0.2, 0) is 0 Å². The molecule has 19 heavy (non-hydrogen) atoms. The van der Waals surface area contributed by atoms with E-state index in [9.17, 15) is 4.79 Å². The van der Waals surface area contributed by atoms with E-state index in [1.807, 2.05) is 11.0 Å². The van der Waals surface area contributed by atoms with Gasteiger partial charge in [0.1, 0.15) is 0 Å². The lowest BCUT2D eigenvalue weighted by Crippen LogP contribution is -2.50. The monoisotopic (exact) mass is 325 g/mol. The molecule has 0 spiro atoms. The van der Waals surface area contributed by atoms with Crippen LogP contribution >= 0.6 is 15.9 Å². The molecule has 1 heterocycles. The van der Waals surface area contributed by atoms with Gasteiger partial charge in [0.15, 0.2) is 0 Å². The summed E-state index contributed by atoms with van der Waals surface area (Å²) in [6.45, 7) is 7.76. The van der Waals surface area contributed by atoms with Crippen LogP contribution in [0.4, 0.5) is 5.69 Å². The first-order valence-electron chi connectivity index (χ1n) is 6.57. The van der Waals surface area contributed by atoms with E-state index < -0.39 is 0 Å². The lowest BCUT2D eigenvalue weighted by Gasteiger charge is -2.37. The number of hydrogen-bond acceptors (Lipinski definition) is 3. The lowest BCUT2D eigenvalue weighted by atomic mass is 10.1. The van der Waals surface area contributed by atoms with E-state index in [0.29, 0.717) is 17.3 Å². The van der Waals surface area contributed by atoms with Gasteiger partial charge in [-0.05, 0) is 32.0 Å². The van der Waals surface area contributed by atoms with Gasteiger partial charge in [0.05, 0.1) is 5.56 Å². The minimum absolute atomic E-state index is 0.0298. The van der Waals surface area contributed by atoms with Crippen LogP contribution in [0.25, 0.3) is 0 Å². The van der Waals surface area contributed by atoms with Crippen molar-refractivity contribution in [3.63, 3.8) is 0 Å². The number of hydrogen-bond donors (Lipinski definition) is 1. The number of amides is 1. The van der Waals surface area contributed by atoms with E-state index in [4.69, 9.17) is 5.73 Å². The smallest absolute Gasteiger partial charge is 0.256 e. The molecule has 2 rings (SSSR count). The Morgan fingerprint density at radius 2 is 1.89 bits per heavy atom. The molecule has 1 aliphatic heterocycles. The SMILES string of the molecule is CC(C)N1CCN(C(=O)c2cc(Br)ccc2N)CC1. The Balaban J connectivity index is 2.07. The number of halogens is 1. The highest BCUT2D eigenvalue weighted by Crippen LogP contribution is 2.21. The number of nitrogen functional groups attached to an aromatic ring is 1. The van der Waals surface area contributed by atoms with Crippen LogP contribution in [0.2, 0.25) is 0 Å². The maximum Gasteiger partial charge on any atom is 0.256 e. The topological polar surface area (TPSA) is 49.6 Å². The summed E-state index contributed by atoms with van der Waals surface area (Å²) in [7, 11) is 0. The average molecular weight is 326 g/mol. The number of piperazine rings is 1. The van der Waals surface area contributed by atoms with Crippen molar-refractivity contribution in [1.29, 1.82) is 0 Å². The predicted octanol–water partition coefficient (Wildman–Crippen LogP) is 2.20. The zero-order valence-electron chi connectivity index (χ0n) is 11.4. The molecular formula is C14H20BrN3O. The lowest BCUT2D eigenvalue weighted by molar-refractivity contribution is 0.0596. The first-order valence-corrected chi connectivity index (χ1v) is 7.36. The van der Waals surface area contributed by atoms with Crippen LogP contribution in [0.5, 0.6) is 0 Å². The van der Waals surface area contributed by atoms with Gasteiger partial charge in [-0.2, -0.15) is 0 Å². The minimum Gasteiger partial charge on any atom is -0.398 e. The third-order valence-corrected chi connectivity index (χ3v) is 4.07. The van der Waals surface area contributed by atoms with Gasteiger partial charge in [-0.15, -0.1) is 0 Å². The van der Waals surface area contributed by atoms with Crippen LogP contribution < -0.4 is 5.73 Å². The van der Waals surface area contributed by atoms with Crippen molar-refractivity contribution in [3.8, 4) is 0 Å². The normalized spacial score (nSPS) is 16.9. The molecule has 4 nitrogen and oxygen atoms in total. The summed E-state index contributed by atoms with van der Waals surface area (Å²) in [5.41, 5.74) is 7.03. The van der Waals surface area contributed by atoms with E-state index in [0.717, 1.165) is 30.7 Å². The number of carbonyl (C=O) groups is 1. The second-order valence-electron chi connectivity index (χ2n) is 5.15. The van der Waals surface area contributed by atoms with Crippen LogP contribution in [0.15, 0.2) is 22.7 Å². The maximum atomic E-state index is 12.5. The number of benzene rings is 1. The first-order chi connectivity index (χ1) is 8.99. The summed E-state index contributed by atoms with van der Waals surface area (Å²) >= 11 is 3.38. The maximum absolute atomic E-state index is 12.5. The predicted molar refractivity (Wildman–Crippen MR) is 81.2 cm³/mol. The summed E-state index contributed by atoms with van der Waals surface area (Å²) in [6, 6.07) is 5.95. The van der Waals surface area contributed by atoms with Crippen molar-refractivity contribution < 1.29 is 4.79 Å². The quantitative estimate of drug-likeness (QED) is 0.848. The number of nitrogens with zero attached hydrogens (tertiary/aromatic N) is 2. The molecule has 5 heteroatoms.